The Balaban J connectivity index is 2.30. The van der Waals surface area contributed by atoms with Crippen LogP contribution in [0, 0.1) is 12.7 Å². The van der Waals surface area contributed by atoms with Crippen LogP contribution in [0.2, 0.25) is 0 Å². The molecule has 1 aromatic carbocycles. The second-order valence-electron chi connectivity index (χ2n) is 3.23. The molecule has 1 aromatic heterocycles. The average molecular weight is 238 g/mol. The van der Waals surface area contributed by atoms with Crippen molar-refractivity contribution in [2.45, 2.75) is 23.5 Å². The lowest BCUT2D eigenvalue weighted by Gasteiger charge is -2.05. The number of nitrogens with two attached hydrogens (primary N) is 1. The summed E-state index contributed by atoms with van der Waals surface area (Å²) in [5, 5.41) is 7.28. The molecule has 0 aliphatic carbocycles. The van der Waals surface area contributed by atoms with E-state index in [1.807, 2.05) is 13.0 Å². The van der Waals surface area contributed by atoms with Crippen LogP contribution in [0.1, 0.15) is 11.4 Å². The normalized spacial score (nSPS) is 10.7. The van der Waals surface area contributed by atoms with Gasteiger partial charge in [0.05, 0.1) is 0 Å². The highest BCUT2D eigenvalue weighted by molar-refractivity contribution is 7.99. The SMILES string of the molecule is Cc1nc(Sc2cccc(F)c2CN)n[nH]1. The Morgan fingerprint density at radius 3 is 2.94 bits per heavy atom. The first-order chi connectivity index (χ1) is 7.70. The lowest BCUT2D eigenvalue weighted by Crippen LogP contribution is -2.01. The van der Waals surface area contributed by atoms with E-state index in [-0.39, 0.29) is 12.4 Å². The fraction of sp³-hybridized carbons (Fsp3) is 0.200. The molecule has 0 unspecified atom stereocenters. The van der Waals surface area contributed by atoms with Crippen molar-refractivity contribution in [1.82, 2.24) is 15.2 Å². The first kappa shape index (κ1) is 11.1. The number of halogens is 1. The number of nitrogens with one attached hydrogen (secondary N) is 1. The third-order valence-corrected chi connectivity index (χ3v) is 3.03. The molecule has 1 heterocycles. The first-order valence-electron chi connectivity index (χ1n) is 4.75. The Morgan fingerprint density at radius 2 is 2.31 bits per heavy atom. The van der Waals surface area contributed by atoms with Gasteiger partial charge in [-0.05, 0) is 30.8 Å². The van der Waals surface area contributed by atoms with E-state index in [9.17, 15) is 4.39 Å². The molecule has 4 nitrogen and oxygen atoms in total. The molecule has 0 saturated heterocycles. The van der Waals surface area contributed by atoms with Gasteiger partial charge in [-0.1, -0.05) is 6.07 Å². The summed E-state index contributed by atoms with van der Waals surface area (Å²) in [7, 11) is 0. The molecule has 2 rings (SSSR count). The van der Waals surface area contributed by atoms with Crippen molar-refractivity contribution in [3.63, 3.8) is 0 Å². The number of aryl methyl sites for hydroxylation is 1. The van der Waals surface area contributed by atoms with Crippen LogP contribution < -0.4 is 5.73 Å². The van der Waals surface area contributed by atoms with Gasteiger partial charge in [-0.3, -0.25) is 5.10 Å². The monoisotopic (exact) mass is 238 g/mol. The molecule has 0 fully saturated rings. The zero-order valence-corrected chi connectivity index (χ0v) is 9.51. The lowest BCUT2D eigenvalue weighted by molar-refractivity contribution is 0.604. The maximum atomic E-state index is 13.4. The Bertz CT molecular complexity index is 497. The number of aromatic amines is 1. The van der Waals surface area contributed by atoms with Crippen LogP contribution in [0.3, 0.4) is 0 Å². The lowest BCUT2D eigenvalue weighted by atomic mass is 10.2. The summed E-state index contributed by atoms with van der Waals surface area (Å²) in [5.41, 5.74) is 6.00. The Hall–Kier alpha value is -1.40. The Kier molecular flexibility index (Phi) is 3.21. The van der Waals surface area contributed by atoms with Gasteiger partial charge in [0.25, 0.3) is 0 Å². The van der Waals surface area contributed by atoms with Crippen LogP contribution in [0.25, 0.3) is 0 Å². The van der Waals surface area contributed by atoms with E-state index in [1.54, 1.807) is 6.07 Å². The minimum atomic E-state index is -0.292. The Morgan fingerprint density at radius 1 is 1.50 bits per heavy atom. The summed E-state index contributed by atoms with van der Waals surface area (Å²) >= 11 is 1.30. The molecule has 0 aliphatic rings. The van der Waals surface area contributed by atoms with E-state index in [0.29, 0.717) is 10.7 Å². The van der Waals surface area contributed by atoms with E-state index < -0.39 is 0 Å². The van der Waals surface area contributed by atoms with E-state index in [2.05, 4.69) is 15.2 Å². The summed E-state index contributed by atoms with van der Waals surface area (Å²) in [6.45, 7) is 1.98. The largest absolute Gasteiger partial charge is 0.326 e. The molecule has 0 saturated carbocycles. The van der Waals surface area contributed by atoms with Crippen LogP contribution in [-0.2, 0) is 6.54 Å². The summed E-state index contributed by atoms with van der Waals surface area (Å²) in [4.78, 5) is 4.90. The van der Waals surface area contributed by atoms with Crippen molar-refractivity contribution in [2.24, 2.45) is 5.73 Å². The van der Waals surface area contributed by atoms with Crippen LogP contribution in [0.4, 0.5) is 4.39 Å². The number of aromatic nitrogens is 3. The molecule has 0 atom stereocenters. The highest BCUT2D eigenvalue weighted by Crippen LogP contribution is 2.28. The van der Waals surface area contributed by atoms with Gasteiger partial charge < -0.3 is 5.73 Å². The minimum Gasteiger partial charge on any atom is -0.326 e. The fourth-order valence-electron chi connectivity index (χ4n) is 1.30. The predicted octanol–water partition coefficient (Wildman–Crippen LogP) is 1.86. The van der Waals surface area contributed by atoms with Gasteiger partial charge in [0.15, 0.2) is 0 Å². The molecule has 3 N–H and O–H groups in total. The number of benzene rings is 1. The topological polar surface area (TPSA) is 67.6 Å². The highest BCUT2D eigenvalue weighted by Gasteiger charge is 2.10. The molecular weight excluding hydrogens is 227 g/mol. The minimum absolute atomic E-state index is 0.165. The van der Waals surface area contributed by atoms with Crippen molar-refractivity contribution >= 4 is 11.8 Å². The first-order valence-corrected chi connectivity index (χ1v) is 5.56. The molecule has 6 heteroatoms. The quantitative estimate of drug-likeness (QED) is 0.856. The van der Waals surface area contributed by atoms with Crippen molar-refractivity contribution in [2.75, 3.05) is 0 Å². The summed E-state index contributed by atoms with van der Waals surface area (Å²) in [5.74, 6) is 0.438. The number of hydrogen-bond acceptors (Lipinski definition) is 4. The summed E-state index contributed by atoms with van der Waals surface area (Å²) in [6.07, 6.45) is 0. The van der Waals surface area contributed by atoms with Crippen molar-refractivity contribution < 1.29 is 4.39 Å². The van der Waals surface area contributed by atoms with Gasteiger partial charge in [0.2, 0.25) is 5.16 Å². The average Bonchev–Trinajstić information content (AvgIpc) is 2.64. The van der Waals surface area contributed by atoms with Gasteiger partial charge in [0.1, 0.15) is 11.6 Å². The molecule has 2 aromatic rings. The molecule has 16 heavy (non-hydrogen) atoms. The van der Waals surface area contributed by atoms with Crippen LogP contribution in [0.15, 0.2) is 28.3 Å². The van der Waals surface area contributed by atoms with Gasteiger partial charge in [-0.15, -0.1) is 5.10 Å². The van der Waals surface area contributed by atoms with Gasteiger partial charge >= 0.3 is 0 Å². The smallest absolute Gasteiger partial charge is 0.213 e. The molecule has 84 valence electrons. The van der Waals surface area contributed by atoms with Crippen LogP contribution in [-0.4, -0.2) is 15.2 Å². The van der Waals surface area contributed by atoms with Gasteiger partial charge in [-0.2, -0.15) is 0 Å². The van der Waals surface area contributed by atoms with Crippen molar-refractivity contribution in [1.29, 1.82) is 0 Å². The van der Waals surface area contributed by atoms with Crippen molar-refractivity contribution in [3.8, 4) is 0 Å². The standard InChI is InChI=1S/C10H11FN4S/c1-6-13-10(15-14-6)16-9-4-2-3-8(11)7(9)5-12/h2-4H,5,12H2,1H3,(H,13,14,15). The summed E-state index contributed by atoms with van der Waals surface area (Å²) in [6, 6.07) is 4.85. The molecule has 0 amide bonds. The molecule has 0 bridgehead atoms. The predicted molar refractivity (Wildman–Crippen MR) is 59.5 cm³/mol. The maximum absolute atomic E-state index is 13.4. The van der Waals surface area contributed by atoms with Crippen molar-refractivity contribution in [3.05, 3.63) is 35.4 Å². The zero-order chi connectivity index (χ0) is 11.5. The van der Waals surface area contributed by atoms with E-state index in [0.717, 1.165) is 10.7 Å². The second-order valence-corrected chi connectivity index (χ2v) is 4.24. The Labute approximate surface area is 96.5 Å². The third-order valence-electron chi connectivity index (χ3n) is 2.06. The maximum Gasteiger partial charge on any atom is 0.213 e. The molecule has 0 spiro atoms. The van der Waals surface area contributed by atoms with Gasteiger partial charge in [-0.25, -0.2) is 9.37 Å². The number of nitrogens with zero attached hydrogens (tertiary/aromatic N) is 2. The third kappa shape index (κ3) is 2.23. The van der Waals surface area contributed by atoms with Crippen LogP contribution in [0.5, 0.6) is 0 Å². The molecule has 0 radical (unpaired) electrons. The molecule has 0 aliphatic heterocycles. The number of rotatable bonds is 3. The van der Waals surface area contributed by atoms with E-state index in [4.69, 9.17) is 5.73 Å². The summed E-state index contributed by atoms with van der Waals surface area (Å²) < 4.78 is 13.4. The zero-order valence-electron chi connectivity index (χ0n) is 8.70. The number of H-pyrrole nitrogens is 1. The molecular formula is C10H11FN4S. The van der Waals surface area contributed by atoms with Crippen LogP contribution >= 0.6 is 11.8 Å². The van der Waals surface area contributed by atoms with E-state index in [1.165, 1.54) is 17.8 Å². The van der Waals surface area contributed by atoms with Gasteiger partial charge in [0, 0.05) is 17.0 Å². The fourth-order valence-corrected chi connectivity index (χ4v) is 2.22. The van der Waals surface area contributed by atoms with E-state index >= 15 is 0 Å². The number of hydrogen-bond donors (Lipinski definition) is 2. The highest BCUT2D eigenvalue weighted by atomic mass is 32.2. The second kappa shape index (κ2) is 4.63.